The van der Waals surface area contributed by atoms with Gasteiger partial charge in [0, 0.05) is 5.56 Å². The summed E-state index contributed by atoms with van der Waals surface area (Å²) >= 11 is 0. The number of para-hydroxylation sites is 1. The van der Waals surface area contributed by atoms with E-state index in [9.17, 15) is 19.2 Å². The second kappa shape index (κ2) is 8.26. The van der Waals surface area contributed by atoms with Crippen LogP contribution < -0.4 is 19.7 Å². The van der Waals surface area contributed by atoms with E-state index >= 15 is 0 Å². The van der Waals surface area contributed by atoms with E-state index in [0.29, 0.717) is 11.3 Å². The van der Waals surface area contributed by atoms with Gasteiger partial charge in [0.15, 0.2) is 6.61 Å². The number of benzene rings is 2. The quantitative estimate of drug-likeness (QED) is 0.564. The molecule has 1 fully saturated rings. The van der Waals surface area contributed by atoms with Crippen molar-refractivity contribution in [3.05, 3.63) is 59.7 Å². The smallest absolute Gasteiger partial charge is 0.341 e. The van der Waals surface area contributed by atoms with Gasteiger partial charge in [0.05, 0.1) is 12.8 Å². The Bertz CT molecular complexity index is 1010. The van der Waals surface area contributed by atoms with Crippen molar-refractivity contribution < 1.29 is 33.8 Å². The molecule has 1 saturated heterocycles. The Hall–Kier alpha value is -4.14. The average molecular weight is 396 g/mol. The lowest BCUT2D eigenvalue weighted by Gasteiger charge is -2.26. The number of carbonyl (C=O) groups is 4. The van der Waals surface area contributed by atoms with Crippen molar-refractivity contribution in [2.24, 2.45) is 0 Å². The van der Waals surface area contributed by atoms with Crippen LogP contribution in [0.2, 0.25) is 0 Å². The van der Waals surface area contributed by atoms with Crippen molar-refractivity contribution in [2.45, 2.75) is 0 Å². The molecule has 9 nitrogen and oxygen atoms in total. The summed E-state index contributed by atoms with van der Waals surface area (Å²) in [6, 6.07) is 11.6. The second-order valence-corrected chi connectivity index (χ2v) is 5.88. The van der Waals surface area contributed by atoms with Crippen LogP contribution in [0.25, 0.3) is 6.08 Å². The number of hydrogen-bond acceptors (Lipinski definition) is 6. The number of carboxylic acid groups (broad SMARTS) is 1. The maximum atomic E-state index is 12.9. The van der Waals surface area contributed by atoms with Crippen molar-refractivity contribution in [3.63, 3.8) is 0 Å². The predicted octanol–water partition coefficient (Wildman–Crippen LogP) is 1.82. The van der Waals surface area contributed by atoms with Gasteiger partial charge in [-0.3, -0.25) is 14.9 Å². The van der Waals surface area contributed by atoms with Gasteiger partial charge in [-0.2, -0.15) is 0 Å². The van der Waals surface area contributed by atoms with Gasteiger partial charge < -0.3 is 14.6 Å². The summed E-state index contributed by atoms with van der Waals surface area (Å²) in [5.74, 6) is -2.14. The number of urea groups is 1. The molecule has 1 heterocycles. The van der Waals surface area contributed by atoms with Crippen LogP contribution in [0.15, 0.2) is 54.1 Å². The van der Waals surface area contributed by atoms with Crippen molar-refractivity contribution in [1.82, 2.24) is 5.32 Å². The first kappa shape index (κ1) is 19.6. The van der Waals surface area contributed by atoms with Crippen LogP contribution in [-0.2, 0) is 14.4 Å². The highest BCUT2D eigenvalue weighted by Gasteiger charge is 2.37. The molecule has 4 amide bonds. The molecule has 0 aliphatic carbocycles. The van der Waals surface area contributed by atoms with Gasteiger partial charge in [0.25, 0.3) is 11.8 Å². The Balaban J connectivity index is 1.96. The van der Waals surface area contributed by atoms with E-state index in [1.807, 2.05) is 0 Å². The highest BCUT2D eigenvalue weighted by atomic mass is 16.5. The summed E-state index contributed by atoms with van der Waals surface area (Å²) in [6.45, 7) is -0.587. The normalized spacial score (nSPS) is 15.3. The third-order valence-corrected chi connectivity index (χ3v) is 4.00. The van der Waals surface area contributed by atoms with E-state index in [1.54, 1.807) is 30.3 Å². The number of anilines is 1. The summed E-state index contributed by atoms with van der Waals surface area (Å²) < 4.78 is 10.2. The molecule has 2 aromatic carbocycles. The summed E-state index contributed by atoms with van der Waals surface area (Å²) in [6.07, 6.45) is 1.25. The molecule has 1 aliphatic heterocycles. The van der Waals surface area contributed by atoms with Gasteiger partial charge in [-0.05, 0) is 36.4 Å². The first-order valence-corrected chi connectivity index (χ1v) is 8.40. The Morgan fingerprint density at radius 1 is 1.10 bits per heavy atom. The number of nitrogens with one attached hydrogen (secondary N) is 1. The van der Waals surface area contributed by atoms with Crippen molar-refractivity contribution in [2.75, 3.05) is 18.6 Å². The van der Waals surface area contributed by atoms with E-state index in [-0.39, 0.29) is 17.0 Å². The van der Waals surface area contributed by atoms with E-state index in [0.717, 1.165) is 4.90 Å². The number of barbiturate groups is 1. The summed E-state index contributed by atoms with van der Waals surface area (Å²) in [7, 11) is 1.48. The maximum absolute atomic E-state index is 12.9. The van der Waals surface area contributed by atoms with Crippen LogP contribution in [0, 0.1) is 0 Å². The highest BCUT2D eigenvalue weighted by Crippen LogP contribution is 2.26. The highest BCUT2D eigenvalue weighted by molar-refractivity contribution is 6.39. The standard InChI is InChI=1S/C20H16N2O7/c1-28-14-8-6-13(7-9-14)22-19(26)15(18(25)21-20(22)27)10-12-4-2-3-5-16(12)29-11-17(23)24/h2-10H,11H2,1H3,(H,23,24)(H,21,25,27). The predicted molar refractivity (Wildman–Crippen MR) is 102 cm³/mol. The van der Waals surface area contributed by atoms with Crippen LogP contribution in [-0.4, -0.2) is 42.6 Å². The fourth-order valence-electron chi connectivity index (χ4n) is 2.65. The second-order valence-electron chi connectivity index (χ2n) is 5.88. The first-order valence-electron chi connectivity index (χ1n) is 8.40. The van der Waals surface area contributed by atoms with Crippen LogP contribution in [0.1, 0.15) is 5.56 Å². The van der Waals surface area contributed by atoms with E-state index in [2.05, 4.69) is 5.32 Å². The summed E-state index contributed by atoms with van der Waals surface area (Å²) in [5, 5.41) is 10.9. The number of carboxylic acids is 1. The lowest BCUT2D eigenvalue weighted by atomic mass is 10.1. The number of aliphatic carboxylic acids is 1. The van der Waals surface area contributed by atoms with Crippen molar-refractivity contribution >= 4 is 35.6 Å². The zero-order chi connectivity index (χ0) is 21.0. The molecule has 2 aromatic rings. The molecule has 0 bridgehead atoms. The molecular formula is C20H16N2O7. The van der Waals surface area contributed by atoms with Crippen LogP contribution in [0.3, 0.4) is 0 Å². The van der Waals surface area contributed by atoms with Gasteiger partial charge in [-0.1, -0.05) is 18.2 Å². The molecule has 2 N–H and O–H groups in total. The number of rotatable bonds is 6. The zero-order valence-electron chi connectivity index (χ0n) is 15.2. The van der Waals surface area contributed by atoms with E-state index < -0.39 is 30.4 Å². The monoisotopic (exact) mass is 396 g/mol. The minimum atomic E-state index is -1.17. The zero-order valence-corrected chi connectivity index (χ0v) is 15.2. The number of ether oxygens (including phenoxy) is 2. The third-order valence-electron chi connectivity index (χ3n) is 4.00. The fraction of sp³-hybridized carbons (Fsp3) is 0.100. The average Bonchev–Trinajstić information content (AvgIpc) is 2.70. The lowest BCUT2D eigenvalue weighted by Crippen LogP contribution is -2.54. The van der Waals surface area contributed by atoms with Crippen molar-refractivity contribution in [3.8, 4) is 11.5 Å². The molecule has 0 aromatic heterocycles. The maximum Gasteiger partial charge on any atom is 0.341 e. The largest absolute Gasteiger partial charge is 0.497 e. The number of imide groups is 2. The lowest BCUT2D eigenvalue weighted by molar-refractivity contribution is -0.139. The molecule has 3 rings (SSSR count). The Morgan fingerprint density at radius 3 is 2.45 bits per heavy atom. The molecule has 29 heavy (non-hydrogen) atoms. The molecule has 148 valence electrons. The molecule has 0 spiro atoms. The fourth-order valence-corrected chi connectivity index (χ4v) is 2.65. The van der Waals surface area contributed by atoms with Crippen LogP contribution in [0.5, 0.6) is 11.5 Å². The van der Waals surface area contributed by atoms with E-state index in [4.69, 9.17) is 14.6 Å². The Morgan fingerprint density at radius 2 is 1.79 bits per heavy atom. The number of amides is 4. The molecule has 0 atom stereocenters. The molecule has 9 heteroatoms. The molecule has 1 aliphatic rings. The van der Waals surface area contributed by atoms with Gasteiger partial charge in [0.1, 0.15) is 17.1 Å². The molecular weight excluding hydrogens is 380 g/mol. The summed E-state index contributed by atoms with van der Waals surface area (Å²) in [5.41, 5.74) is 0.269. The molecule has 0 unspecified atom stereocenters. The van der Waals surface area contributed by atoms with Crippen molar-refractivity contribution in [1.29, 1.82) is 0 Å². The van der Waals surface area contributed by atoms with Crippen LogP contribution >= 0.6 is 0 Å². The minimum absolute atomic E-state index is 0.177. The number of hydrogen-bond donors (Lipinski definition) is 2. The SMILES string of the molecule is COc1ccc(N2C(=O)NC(=O)C(=Cc3ccccc3OCC(=O)O)C2=O)cc1. The van der Waals surface area contributed by atoms with Gasteiger partial charge in [0.2, 0.25) is 0 Å². The molecule has 0 radical (unpaired) electrons. The Labute approximate surface area is 165 Å². The topological polar surface area (TPSA) is 122 Å². The first-order chi connectivity index (χ1) is 13.9. The van der Waals surface area contributed by atoms with Gasteiger partial charge >= 0.3 is 12.0 Å². The number of nitrogens with zero attached hydrogens (tertiary/aromatic N) is 1. The third kappa shape index (κ3) is 4.24. The van der Waals surface area contributed by atoms with E-state index in [1.165, 1.54) is 31.4 Å². The Kier molecular flexibility index (Phi) is 5.59. The number of carbonyl (C=O) groups excluding carboxylic acids is 3. The van der Waals surface area contributed by atoms with Gasteiger partial charge in [-0.25, -0.2) is 14.5 Å². The summed E-state index contributed by atoms with van der Waals surface area (Å²) in [4.78, 5) is 49.0. The number of methoxy groups -OCH3 is 1. The van der Waals surface area contributed by atoms with Crippen LogP contribution in [0.4, 0.5) is 10.5 Å². The minimum Gasteiger partial charge on any atom is -0.497 e. The molecule has 0 saturated carbocycles. The van der Waals surface area contributed by atoms with Gasteiger partial charge in [-0.15, -0.1) is 0 Å².